The minimum Gasteiger partial charge on any atom is -0.271 e. The van der Waals surface area contributed by atoms with Crippen LogP contribution in [0.25, 0.3) is 0 Å². The quantitative estimate of drug-likeness (QED) is 0.648. The average molecular weight is 360 g/mol. The summed E-state index contributed by atoms with van der Waals surface area (Å²) < 4.78 is 40.2. The van der Waals surface area contributed by atoms with Gasteiger partial charge in [0.05, 0.1) is 11.6 Å². The second kappa shape index (κ2) is 6.13. The number of hydrogen-bond donors (Lipinski definition) is 2. The van der Waals surface area contributed by atoms with E-state index in [4.69, 9.17) is 5.84 Å². The van der Waals surface area contributed by atoms with Gasteiger partial charge in [0.1, 0.15) is 0 Å². The summed E-state index contributed by atoms with van der Waals surface area (Å²) >= 11 is 3.37. The number of halogens is 4. The van der Waals surface area contributed by atoms with Gasteiger partial charge < -0.3 is 0 Å². The van der Waals surface area contributed by atoms with Crippen molar-refractivity contribution >= 4 is 15.9 Å². The van der Waals surface area contributed by atoms with E-state index in [1.165, 1.54) is 6.20 Å². The van der Waals surface area contributed by atoms with Gasteiger partial charge in [0.25, 0.3) is 0 Å². The van der Waals surface area contributed by atoms with E-state index in [0.29, 0.717) is 5.56 Å². The highest BCUT2D eigenvalue weighted by Gasteiger charge is 2.35. The van der Waals surface area contributed by atoms with Gasteiger partial charge in [-0.2, -0.15) is 13.2 Å². The molecule has 2 aromatic rings. The smallest absolute Gasteiger partial charge is 0.271 e. The van der Waals surface area contributed by atoms with Gasteiger partial charge in [0.2, 0.25) is 0 Å². The van der Waals surface area contributed by atoms with Crippen LogP contribution in [0.2, 0.25) is 0 Å². The summed E-state index contributed by atoms with van der Waals surface area (Å²) in [5, 5.41) is 0. The van der Waals surface area contributed by atoms with Crippen molar-refractivity contribution in [3.05, 3.63) is 63.4 Å². The molecule has 1 aromatic heterocycles. The van der Waals surface area contributed by atoms with Crippen LogP contribution in [0.15, 0.2) is 41.1 Å². The van der Waals surface area contributed by atoms with Gasteiger partial charge in [-0.1, -0.05) is 28.1 Å². The van der Waals surface area contributed by atoms with E-state index in [1.54, 1.807) is 12.1 Å². The highest BCUT2D eigenvalue weighted by molar-refractivity contribution is 9.10. The van der Waals surface area contributed by atoms with Crippen LogP contribution >= 0.6 is 15.9 Å². The summed E-state index contributed by atoms with van der Waals surface area (Å²) in [6.45, 7) is 1.81. The molecule has 0 saturated heterocycles. The summed E-state index contributed by atoms with van der Waals surface area (Å²) in [4.78, 5) is 3.80. The van der Waals surface area contributed by atoms with Crippen LogP contribution in [0.4, 0.5) is 13.2 Å². The summed E-state index contributed by atoms with van der Waals surface area (Å²) in [6.07, 6.45) is -2.16. The Kier molecular flexibility index (Phi) is 4.65. The molecular formula is C14H13BrF3N3. The van der Waals surface area contributed by atoms with Crippen molar-refractivity contribution in [2.45, 2.75) is 19.1 Å². The first-order valence-corrected chi connectivity index (χ1v) is 6.87. The predicted molar refractivity (Wildman–Crippen MR) is 77.3 cm³/mol. The average Bonchev–Trinajstić information content (AvgIpc) is 2.44. The third kappa shape index (κ3) is 3.25. The van der Waals surface area contributed by atoms with Crippen LogP contribution in [0.5, 0.6) is 0 Å². The number of nitrogens with zero attached hydrogens (tertiary/aromatic N) is 1. The molecule has 2 rings (SSSR count). The number of rotatable bonds is 3. The zero-order valence-electron chi connectivity index (χ0n) is 11.1. The van der Waals surface area contributed by atoms with Crippen molar-refractivity contribution in [2.75, 3.05) is 0 Å². The second-order valence-corrected chi connectivity index (χ2v) is 5.37. The molecule has 0 aliphatic carbocycles. The number of alkyl halides is 3. The van der Waals surface area contributed by atoms with E-state index in [-0.39, 0.29) is 5.56 Å². The molecule has 0 aliphatic heterocycles. The van der Waals surface area contributed by atoms with Gasteiger partial charge in [0.15, 0.2) is 0 Å². The van der Waals surface area contributed by atoms with Gasteiger partial charge in [-0.25, -0.2) is 5.43 Å². The van der Waals surface area contributed by atoms with Crippen molar-refractivity contribution in [3.8, 4) is 0 Å². The molecule has 0 aliphatic rings. The van der Waals surface area contributed by atoms with Crippen molar-refractivity contribution in [1.29, 1.82) is 0 Å². The summed E-state index contributed by atoms with van der Waals surface area (Å²) in [7, 11) is 0. The van der Waals surface area contributed by atoms with Crippen molar-refractivity contribution in [1.82, 2.24) is 10.4 Å². The van der Waals surface area contributed by atoms with Crippen LogP contribution in [0.1, 0.15) is 28.3 Å². The zero-order chi connectivity index (χ0) is 15.6. The van der Waals surface area contributed by atoms with Crippen LogP contribution in [-0.4, -0.2) is 4.98 Å². The Labute approximate surface area is 128 Å². The molecule has 1 unspecified atom stereocenters. The number of nitrogens with one attached hydrogen (secondary N) is 1. The fourth-order valence-electron chi connectivity index (χ4n) is 2.18. The van der Waals surface area contributed by atoms with E-state index in [9.17, 15) is 13.2 Å². The maximum atomic E-state index is 13.1. The largest absolute Gasteiger partial charge is 0.416 e. The Hall–Kier alpha value is -1.44. The van der Waals surface area contributed by atoms with E-state index >= 15 is 0 Å². The maximum absolute atomic E-state index is 13.1. The van der Waals surface area contributed by atoms with Gasteiger partial charge >= 0.3 is 6.18 Å². The molecule has 1 aromatic carbocycles. The third-order valence-electron chi connectivity index (χ3n) is 3.26. The molecule has 1 atom stereocenters. The molecule has 0 spiro atoms. The molecule has 112 valence electrons. The molecule has 0 fully saturated rings. The highest BCUT2D eigenvalue weighted by atomic mass is 79.9. The molecule has 0 saturated carbocycles. The maximum Gasteiger partial charge on any atom is 0.416 e. The minimum atomic E-state index is -4.46. The first-order valence-electron chi connectivity index (χ1n) is 6.08. The van der Waals surface area contributed by atoms with Crippen molar-refractivity contribution < 1.29 is 13.2 Å². The third-order valence-corrected chi connectivity index (χ3v) is 4.11. The van der Waals surface area contributed by atoms with Crippen LogP contribution in [0.3, 0.4) is 0 Å². The van der Waals surface area contributed by atoms with Gasteiger partial charge in [-0.05, 0) is 30.2 Å². The lowest BCUT2D eigenvalue weighted by Crippen LogP contribution is -2.31. The van der Waals surface area contributed by atoms with E-state index in [0.717, 1.165) is 22.3 Å². The molecule has 21 heavy (non-hydrogen) atoms. The van der Waals surface area contributed by atoms with Gasteiger partial charge in [0, 0.05) is 22.4 Å². The normalized spacial score (nSPS) is 13.2. The Bertz CT molecular complexity index is 644. The Morgan fingerprint density at radius 3 is 2.57 bits per heavy atom. The monoisotopic (exact) mass is 359 g/mol. The Balaban J connectivity index is 2.60. The molecule has 7 heteroatoms. The number of aromatic nitrogens is 1. The molecular weight excluding hydrogens is 347 g/mol. The minimum absolute atomic E-state index is 0.00583. The first kappa shape index (κ1) is 15.9. The van der Waals surface area contributed by atoms with Gasteiger partial charge in [-0.15, -0.1) is 0 Å². The van der Waals surface area contributed by atoms with E-state index < -0.39 is 17.8 Å². The predicted octanol–water partition coefficient (Wildman–Crippen LogP) is 3.72. The number of nitrogens with two attached hydrogens (primary N) is 1. The molecule has 0 radical (unpaired) electrons. The fourth-order valence-corrected chi connectivity index (χ4v) is 2.56. The summed E-state index contributed by atoms with van der Waals surface area (Å²) in [6, 6.07) is 5.46. The first-order chi connectivity index (χ1) is 9.86. The number of hydrogen-bond acceptors (Lipinski definition) is 3. The Morgan fingerprint density at radius 2 is 1.95 bits per heavy atom. The molecule has 0 amide bonds. The number of pyridine rings is 1. The highest BCUT2D eigenvalue weighted by Crippen LogP contribution is 2.37. The molecule has 1 heterocycles. The van der Waals surface area contributed by atoms with Crippen LogP contribution in [0, 0.1) is 6.92 Å². The topological polar surface area (TPSA) is 50.9 Å². The van der Waals surface area contributed by atoms with Gasteiger partial charge in [-0.3, -0.25) is 10.8 Å². The molecule has 0 bridgehead atoms. The van der Waals surface area contributed by atoms with E-state index in [2.05, 4.69) is 26.3 Å². The Morgan fingerprint density at radius 1 is 1.24 bits per heavy atom. The summed E-state index contributed by atoms with van der Waals surface area (Å²) in [5.41, 5.74) is 3.17. The van der Waals surface area contributed by atoms with Crippen LogP contribution in [-0.2, 0) is 6.18 Å². The second-order valence-electron chi connectivity index (χ2n) is 4.51. The van der Waals surface area contributed by atoms with Crippen molar-refractivity contribution in [2.24, 2.45) is 5.84 Å². The van der Waals surface area contributed by atoms with Crippen molar-refractivity contribution in [3.63, 3.8) is 0 Å². The van der Waals surface area contributed by atoms with Crippen LogP contribution < -0.4 is 11.3 Å². The van der Waals surface area contributed by atoms with E-state index in [1.807, 2.05) is 13.0 Å². The molecule has 3 nitrogen and oxygen atoms in total. The zero-order valence-corrected chi connectivity index (χ0v) is 12.7. The fraction of sp³-hybridized carbons (Fsp3) is 0.214. The molecule has 3 N–H and O–H groups in total. The number of hydrazine groups is 1. The lowest BCUT2D eigenvalue weighted by molar-refractivity contribution is -0.138. The standard InChI is InChI=1S/C14H13BrF3N3/c1-8-9(3-2-4-12(8)15)13(21-19)10-7-20-6-5-11(10)14(16,17)18/h2-7,13,21H,19H2,1H3. The lowest BCUT2D eigenvalue weighted by Gasteiger charge is -2.22. The lowest BCUT2D eigenvalue weighted by atomic mass is 9.93. The summed E-state index contributed by atoms with van der Waals surface area (Å²) in [5.74, 6) is 5.51. The SMILES string of the molecule is Cc1c(Br)cccc1C(NN)c1cnccc1C(F)(F)F. The number of benzene rings is 1.